The quantitative estimate of drug-likeness (QED) is 0.621. The monoisotopic (exact) mass is 394 g/mol. The zero-order chi connectivity index (χ0) is 20.1. The van der Waals surface area contributed by atoms with E-state index in [1.807, 2.05) is 60.2 Å². The molecule has 0 atom stereocenters. The van der Waals surface area contributed by atoms with E-state index in [0.29, 0.717) is 23.1 Å². The molecule has 0 aliphatic heterocycles. The SMILES string of the molecule is CCn1cnnc1SCC(=O)Nc1c(C#N)c(C)c(C)n1Cc1ccccc1. The van der Waals surface area contributed by atoms with Crippen LogP contribution in [0.15, 0.2) is 41.8 Å². The zero-order valence-corrected chi connectivity index (χ0v) is 17.0. The van der Waals surface area contributed by atoms with E-state index in [0.717, 1.165) is 23.4 Å². The molecule has 8 heteroatoms. The van der Waals surface area contributed by atoms with Crippen LogP contribution in [-0.2, 0) is 17.9 Å². The van der Waals surface area contributed by atoms with Gasteiger partial charge in [0.25, 0.3) is 0 Å². The van der Waals surface area contributed by atoms with Gasteiger partial charge in [-0.25, -0.2) is 0 Å². The Kier molecular flexibility index (Phi) is 6.16. The Morgan fingerprint density at radius 1 is 1.29 bits per heavy atom. The number of hydrogen-bond acceptors (Lipinski definition) is 5. The van der Waals surface area contributed by atoms with Gasteiger partial charge in [0.05, 0.1) is 11.3 Å². The Hall–Kier alpha value is -3.05. The summed E-state index contributed by atoms with van der Waals surface area (Å²) < 4.78 is 3.87. The lowest BCUT2D eigenvalue weighted by Gasteiger charge is -2.13. The van der Waals surface area contributed by atoms with Crippen molar-refractivity contribution in [3.05, 3.63) is 59.0 Å². The first-order chi connectivity index (χ1) is 13.5. The molecule has 0 aliphatic rings. The highest BCUT2D eigenvalue weighted by Crippen LogP contribution is 2.27. The third kappa shape index (κ3) is 4.10. The maximum Gasteiger partial charge on any atom is 0.235 e. The molecule has 0 spiro atoms. The third-order valence-electron chi connectivity index (χ3n) is 4.64. The number of aryl methyl sites for hydroxylation is 1. The van der Waals surface area contributed by atoms with Crippen LogP contribution in [0.5, 0.6) is 0 Å². The van der Waals surface area contributed by atoms with Gasteiger partial charge in [-0.2, -0.15) is 5.26 Å². The van der Waals surface area contributed by atoms with Crippen LogP contribution in [0.25, 0.3) is 0 Å². The van der Waals surface area contributed by atoms with Crippen LogP contribution in [0, 0.1) is 25.2 Å². The van der Waals surface area contributed by atoms with Crippen molar-refractivity contribution in [3.8, 4) is 6.07 Å². The van der Waals surface area contributed by atoms with Crippen molar-refractivity contribution in [1.29, 1.82) is 5.26 Å². The molecule has 3 aromatic rings. The molecule has 1 aromatic carbocycles. The molecule has 0 fully saturated rings. The van der Waals surface area contributed by atoms with E-state index < -0.39 is 0 Å². The predicted octanol–water partition coefficient (Wildman–Crippen LogP) is 3.37. The maximum atomic E-state index is 12.6. The largest absolute Gasteiger partial charge is 0.326 e. The summed E-state index contributed by atoms with van der Waals surface area (Å²) in [6, 6.07) is 12.2. The molecule has 0 saturated carbocycles. The summed E-state index contributed by atoms with van der Waals surface area (Å²) >= 11 is 1.33. The van der Waals surface area contributed by atoms with Crippen LogP contribution in [0.3, 0.4) is 0 Å². The smallest absolute Gasteiger partial charge is 0.235 e. The van der Waals surface area contributed by atoms with Crippen LogP contribution in [0.4, 0.5) is 5.82 Å². The van der Waals surface area contributed by atoms with Crippen molar-refractivity contribution in [2.24, 2.45) is 0 Å². The van der Waals surface area contributed by atoms with E-state index in [-0.39, 0.29) is 11.7 Å². The first-order valence-corrected chi connectivity index (χ1v) is 9.97. The van der Waals surface area contributed by atoms with Crippen LogP contribution in [0.2, 0.25) is 0 Å². The molecular formula is C20H22N6OS. The highest BCUT2D eigenvalue weighted by atomic mass is 32.2. The van der Waals surface area contributed by atoms with Crippen molar-refractivity contribution in [1.82, 2.24) is 19.3 Å². The first kappa shape index (κ1) is 19.7. The number of aromatic nitrogens is 4. The lowest BCUT2D eigenvalue weighted by molar-refractivity contribution is -0.113. The highest BCUT2D eigenvalue weighted by Gasteiger charge is 2.20. The summed E-state index contributed by atoms with van der Waals surface area (Å²) in [5.74, 6) is 0.556. The summed E-state index contributed by atoms with van der Waals surface area (Å²) in [4.78, 5) is 12.6. The number of amides is 1. The van der Waals surface area contributed by atoms with Gasteiger partial charge in [0.1, 0.15) is 18.2 Å². The molecule has 7 nitrogen and oxygen atoms in total. The summed E-state index contributed by atoms with van der Waals surface area (Å²) in [7, 11) is 0. The minimum atomic E-state index is -0.182. The number of nitrogens with zero attached hydrogens (tertiary/aromatic N) is 5. The first-order valence-electron chi connectivity index (χ1n) is 8.99. The molecule has 28 heavy (non-hydrogen) atoms. The number of rotatable bonds is 7. The number of nitriles is 1. The number of carbonyl (C=O) groups excluding carboxylic acids is 1. The van der Waals surface area contributed by atoms with E-state index in [9.17, 15) is 10.1 Å². The van der Waals surface area contributed by atoms with Gasteiger partial charge >= 0.3 is 0 Å². The van der Waals surface area contributed by atoms with Gasteiger partial charge < -0.3 is 14.5 Å². The summed E-state index contributed by atoms with van der Waals surface area (Å²) in [6.07, 6.45) is 1.64. The highest BCUT2D eigenvalue weighted by molar-refractivity contribution is 7.99. The van der Waals surface area contributed by atoms with Crippen LogP contribution < -0.4 is 5.32 Å². The predicted molar refractivity (Wildman–Crippen MR) is 109 cm³/mol. The normalized spacial score (nSPS) is 10.6. The number of thioether (sulfide) groups is 1. The molecule has 2 heterocycles. The molecule has 1 amide bonds. The van der Waals surface area contributed by atoms with E-state index in [4.69, 9.17) is 0 Å². The Balaban J connectivity index is 1.81. The van der Waals surface area contributed by atoms with Gasteiger partial charge in [0.2, 0.25) is 5.91 Å². The van der Waals surface area contributed by atoms with Crippen LogP contribution in [0.1, 0.15) is 29.3 Å². The van der Waals surface area contributed by atoms with Gasteiger partial charge in [-0.05, 0) is 31.9 Å². The second-order valence-electron chi connectivity index (χ2n) is 6.35. The molecule has 0 aliphatic carbocycles. The zero-order valence-electron chi connectivity index (χ0n) is 16.1. The Bertz CT molecular complexity index is 1020. The Morgan fingerprint density at radius 2 is 2.04 bits per heavy atom. The number of benzene rings is 1. The summed E-state index contributed by atoms with van der Waals surface area (Å²) in [6.45, 7) is 7.20. The third-order valence-corrected chi connectivity index (χ3v) is 5.62. The average molecular weight is 395 g/mol. The summed E-state index contributed by atoms with van der Waals surface area (Å²) in [5.41, 5.74) is 3.45. The lowest BCUT2D eigenvalue weighted by Crippen LogP contribution is -2.19. The molecule has 0 saturated heterocycles. The lowest BCUT2D eigenvalue weighted by atomic mass is 10.2. The average Bonchev–Trinajstić information content (AvgIpc) is 3.25. The molecule has 0 radical (unpaired) electrons. The molecule has 144 valence electrons. The van der Waals surface area contributed by atoms with E-state index in [1.165, 1.54) is 11.8 Å². The Morgan fingerprint density at radius 3 is 2.71 bits per heavy atom. The van der Waals surface area contributed by atoms with Gasteiger partial charge in [-0.1, -0.05) is 42.1 Å². The van der Waals surface area contributed by atoms with Crippen molar-refractivity contribution >= 4 is 23.5 Å². The van der Waals surface area contributed by atoms with Gasteiger partial charge in [-0.3, -0.25) is 4.79 Å². The molecule has 1 N–H and O–H groups in total. The molecular weight excluding hydrogens is 372 g/mol. The Labute approximate surface area is 168 Å². The van der Waals surface area contributed by atoms with Crippen molar-refractivity contribution < 1.29 is 4.79 Å². The fourth-order valence-corrected chi connectivity index (χ4v) is 3.74. The van der Waals surface area contributed by atoms with Gasteiger partial charge in [0.15, 0.2) is 5.16 Å². The number of anilines is 1. The van der Waals surface area contributed by atoms with E-state index >= 15 is 0 Å². The van der Waals surface area contributed by atoms with Crippen molar-refractivity contribution in [3.63, 3.8) is 0 Å². The van der Waals surface area contributed by atoms with E-state index in [2.05, 4.69) is 21.6 Å². The van der Waals surface area contributed by atoms with Crippen LogP contribution in [-0.4, -0.2) is 31.0 Å². The fourth-order valence-electron chi connectivity index (χ4n) is 2.97. The molecule has 2 aromatic heterocycles. The summed E-state index contributed by atoms with van der Waals surface area (Å²) in [5, 5.41) is 21.2. The molecule has 3 rings (SSSR count). The standard InChI is InChI=1S/C20H22N6OS/c1-4-25-13-22-24-20(25)28-12-18(27)23-19-17(10-21)14(2)15(3)26(19)11-16-8-6-5-7-9-16/h5-9,13H,4,11-12H2,1-3H3,(H,23,27). The number of nitrogens with one attached hydrogen (secondary N) is 1. The van der Waals surface area contributed by atoms with Crippen molar-refractivity contribution in [2.75, 3.05) is 11.1 Å². The fraction of sp³-hybridized carbons (Fsp3) is 0.300. The van der Waals surface area contributed by atoms with Gasteiger partial charge in [0, 0.05) is 18.8 Å². The minimum Gasteiger partial charge on any atom is -0.326 e. The molecule has 0 unspecified atom stereocenters. The second kappa shape index (κ2) is 8.76. The van der Waals surface area contributed by atoms with Crippen LogP contribution >= 0.6 is 11.8 Å². The van der Waals surface area contributed by atoms with Gasteiger partial charge in [-0.15, -0.1) is 10.2 Å². The number of hydrogen-bond donors (Lipinski definition) is 1. The van der Waals surface area contributed by atoms with Crippen molar-refractivity contribution in [2.45, 2.75) is 39.0 Å². The van der Waals surface area contributed by atoms with E-state index in [1.54, 1.807) is 6.33 Å². The minimum absolute atomic E-state index is 0.182. The second-order valence-corrected chi connectivity index (χ2v) is 7.30. The number of carbonyl (C=O) groups is 1. The molecule has 0 bridgehead atoms. The maximum absolute atomic E-state index is 12.6. The topological polar surface area (TPSA) is 88.5 Å².